The van der Waals surface area contributed by atoms with E-state index in [1.54, 1.807) is 11.3 Å². The zero-order valence-corrected chi connectivity index (χ0v) is 16.8. The van der Waals surface area contributed by atoms with Crippen LogP contribution < -0.4 is 20.3 Å². The van der Waals surface area contributed by atoms with Crippen molar-refractivity contribution < 1.29 is 13.5 Å². The van der Waals surface area contributed by atoms with Crippen LogP contribution in [0.15, 0.2) is 40.7 Å². The van der Waals surface area contributed by atoms with Crippen LogP contribution in [-0.2, 0) is 0 Å². The first kappa shape index (κ1) is 20.4. The van der Waals surface area contributed by atoms with E-state index in [9.17, 15) is 8.78 Å². The molecule has 1 fully saturated rings. The number of guanidine groups is 1. The van der Waals surface area contributed by atoms with Crippen LogP contribution in [0.2, 0.25) is 0 Å². The van der Waals surface area contributed by atoms with Gasteiger partial charge in [-0.25, -0.2) is 13.8 Å². The summed E-state index contributed by atoms with van der Waals surface area (Å²) in [5, 5.41) is 10.2. The Morgan fingerprint density at radius 3 is 2.75 bits per heavy atom. The molecule has 0 radical (unpaired) electrons. The lowest BCUT2D eigenvalue weighted by Gasteiger charge is -2.33. The van der Waals surface area contributed by atoms with E-state index in [2.05, 4.69) is 38.0 Å². The molecule has 1 saturated heterocycles. The van der Waals surface area contributed by atoms with E-state index >= 15 is 0 Å². The zero-order chi connectivity index (χ0) is 19.8. The summed E-state index contributed by atoms with van der Waals surface area (Å²) in [7, 11) is 0. The largest absolute Gasteiger partial charge is 0.492 e. The second-order valence-electron chi connectivity index (χ2n) is 6.54. The van der Waals surface area contributed by atoms with Crippen LogP contribution in [0.5, 0.6) is 5.75 Å². The third-order valence-corrected chi connectivity index (χ3v) is 5.45. The van der Waals surface area contributed by atoms with Gasteiger partial charge in [0.2, 0.25) is 0 Å². The summed E-state index contributed by atoms with van der Waals surface area (Å²) in [5.41, 5.74) is 0. The number of rotatable bonds is 7. The smallest absolute Gasteiger partial charge is 0.191 e. The number of hydrogen-bond acceptors (Lipinski definition) is 4. The number of nitrogens with one attached hydrogen (secondary N) is 2. The Hall–Kier alpha value is -2.35. The van der Waals surface area contributed by atoms with Gasteiger partial charge in [-0.15, -0.1) is 11.3 Å². The minimum atomic E-state index is -0.912. The molecule has 1 aliphatic rings. The van der Waals surface area contributed by atoms with Crippen molar-refractivity contribution in [3.05, 3.63) is 47.3 Å². The lowest BCUT2D eigenvalue weighted by atomic mass is 10.1. The molecular weight excluding hydrogens is 382 g/mol. The fraction of sp³-hybridized carbons (Fsp3) is 0.450. The summed E-state index contributed by atoms with van der Waals surface area (Å²) in [6, 6.07) is 8.14. The zero-order valence-electron chi connectivity index (χ0n) is 16.0. The van der Waals surface area contributed by atoms with Gasteiger partial charge < -0.3 is 20.3 Å². The highest BCUT2D eigenvalue weighted by Gasteiger charge is 2.20. The minimum Gasteiger partial charge on any atom is -0.492 e. The molecule has 2 N–H and O–H groups in total. The number of halogens is 2. The number of thiophene rings is 1. The predicted octanol–water partition coefficient (Wildman–Crippen LogP) is 3.63. The van der Waals surface area contributed by atoms with Crippen LogP contribution in [-0.4, -0.2) is 44.8 Å². The minimum absolute atomic E-state index is 0.290. The molecule has 152 valence electrons. The second kappa shape index (κ2) is 10.3. The highest BCUT2D eigenvalue weighted by atomic mass is 32.1. The van der Waals surface area contributed by atoms with Gasteiger partial charge in [0.1, 0.15) is 12.4 Å². The number of anilines is 1. The van der Waals surface area contributed by atoms with Crippen LogP contribution in [0.1, 0.15) is 19.8 Å². The normalized spacial score (nSPS) is 15.5. The highest BCUT2D eigenvalue weighted by Crippen LogP contribution is 2.24. The third-order valence-electron chi connectivity index (χ3n) is 4.52. The van der Waals surface area contributed by atoms with E-state index in [1.165, 1.54) is 11.1 Å². The first-order valence-corrected chi connectivity index (χ1v) is 10.4. The summed E-state index contributed by atoms with van der Waals surface area (Å²) in [5.74, 6) is -0.738. The molecule has 3 rings (SSSR count). The van der Waals surface area contributed by atoms with Gasteiger partial charge >= 0.3 is 0 Å². The van der Waals surface area contributed by atoms with E-state index in [0.29, 0.717) is 24.9 Å². The van der Waals surface area contributed by atoms with Crippen molar-refractivity contribution in [2.24, 2.45) is 4.99 Å². The number of piperidine rings is 1. The van der Waals surface area contributed by atoms with Crippen LogP contribution in [0.4, 0.5) is 13.8 Å². The number of hydrogen-bond donors (Lipinski definition) is 2. The summed E-state index contributed by atoms with van der Waals surface area (Å²) in [6.45, 7) is 5.55. The Morgan fingerprint density at radius 1 is 1.25 bits per heavy atom. The van der Waals surface area contributed by atoms with E-state index in [1.807, 2.05) is 6.92 Å². The number of benzene rings is 1. The maximum absolute atomic E-state index is 13.2. The molecule has 0 unspecified atom stereocenters. The number of aliphatic imine (C=N–C) groups is 1. The van der Waals surface area contributed by atoms with E-state index in [-0.39, 0.29) is 0 Å². The van der Waals surface area contributed by atoms with Crippen molar-refractivity contribution in [1.29, 1.82) is 0 Å². The average molecular weight is 409 g/mol. The SMILES string of the molecule is CCNC(=NCCOc1ccc(F)c(F)c1)NC1CCN(c2cccs2)CC1. The molecule has 0 aliphatic carbocycles. The number of nitrogens with zero attached hydrogens (tertiary/aromatic N) is 2. The Kier molecular flexibility index (Phi) is 7.47. The monoisotopic (exact) mass is 408 g/mol. The Morgan fingerprint density at radius 2 is 2.07 bits per heavy atom. The summed E-state index contributed by atoms with van der Waals surface area (Å²) < 4.78 is 31.6. The quantitative estimate of drug-likeness (QED) is 0.417. The second-order valence-corrected chi connectivity index (χ2v) is 7.47. The molecule has 5 nitrogen and oxygen atoms in total. The standard InChI is InChI=1S/C20H26F2N4OS/c1-2-23-20(24-9-12-27-16-5-6-17(21)18(22)14-16)25-15-7-10-26(11-8-15)19-4-3-13-28-19/h3-6,13-15H,2,7-12H2,1H3,(H2,23,24,25). The average Bonchev–Trinajstić information content (AvgIpc) is 3.23. The van der Waals surface area contributed by atoms with Crippen molar-refractivity contribution in [1.82, 2.24) is 10.6 Å². The van der Waals surface area contributed by atoms with Crippen LogP contribution in [0.25, 0.3) is 0 Å². The molecule has 1 aromatic carbocycles. The van der Waals surface area contributed by atoms with Gasteiger partial charge in [-0.1, -0.05) is 0 Å². The summed E-state index contributed by atoms with van der Waals surface area (Å²) >= 11 is 1.78. The molecule has 2 heterocycles. The van der Waals surface area contributed by atoms with Crippen molar-refractivity contribution in [3.63, 3.8) is 0 Å². The third kappa shape index (κ3) is 5.82. The molecule has 0 spiro atoms. The van der Waals surface area contributed by atoms with E-state index in [0.717, 1.165) is 50.6 Å². The summed E-state index contributed by atoms with van der Waals surface area (Å²) in [4.78, 5) is 6.94. The van der Waals surface area contributed by atoms with Gasteiger partial charge in [0.05, 0.1) is 11.5 Å². The Bertz CT molecular complexity index is 762. The molecule has 8 heteroatoms. The van der Waals surface area contributed by atoms with Crippen LogP contribution in [0, 0.1) is 11.6 Å². The van der Waals surface area contributed by atoms with Crippen molar-refractivity contribution in [3.8, 4) is 5.75 Å². The highest BCUT2D eigenvalue weighted by molar-refractivity contribution is 7.14. The maximum atomic E-state index is 13.2. The molecule has 28 heavy (non-hydrogen) atoms. The molecule has 1 aromatic heterocycles. The lowest BCUT2D eigenvalue weighted by Crippen LogP contribution is -2.48. The van der Waals surface area contributed by atoms with Crippen molar-refractivity contribution in [2.75, 3.05) is 37.7 Å². The first-order chi connectivity index (χ1) is 13.7. The molecule has 0 saturated carbocycles. The van der Waals surface area contributed by atoms with E-state index in [4.69, 9.17) is 4.74 Å². The fourth-order valence-corrected chi connectivity index (χ4v) is 3.88. The van der Waals surface area contributed by atoms with Gasteiger partial charge in [-0.3, -0.25) is 0 Å². The Balaban J connectivity index is 1.44. The van der Waals surface area contributed by atoms with E-state index < -0.39 is 11.6 Å². The van der Waals surface area contributed by atoms with Gasteiger partial charge in [0, 0.05) is 31.7 Å². The molecular formula is C20H26F2N4OS. The molecule has 2 aromatic rings. The van der Waals surface area contributed by atoms with Gasteiger partial charge in [0.25, 0.3) is 0 Å². The first-order valence-electron chi connectivity index (χ1n) is 9.57. The van der Waals surface area contributed by atoms with Gasteiger partial charge in [-0.2, -0.15) is 0 Å². The van der Waals surface area contributed by atoms with Crippen molar-refractivity contribution in [2.45, 2.75) is 25.8 Å². The molecule has 0 bridgehead atoms. The predicted molar refractivity (Wildman–Crippen MR) is 111 cm³/mol. The van der Waals surface area contributed by atoms with Crippen LogP contribution >= 0.6 is 11.3 Å². The fourth-order valence-electron chi connectivity index (χ4n) is 3.09. The van der Waals surface area contributed by atoms with Gasteiger partial charge in [-0.05, 0) is 49.4 Å². The maximum Gasteiger partial charge on any atom is 0.191 e. The van der Waals surface area contributed by atoms with Crippen molar-refractivity contribution >= 4 is 22.3 Å². The van der Waals surface area contributed by atoms with Crippen LogP contribution in [0.3, 0.4) is 0 Å². The topological polar surface area (TPSA) is 48.9 Å². The molecule has 1 aliphatic heterocycles. The molecule has 0 amide bonds. The molecule has 0 atom stereocenters. The summed E-state index contributed by atoms with van der Waals surface area (Å²) in [6.07, 6.45) is 2.10. The number of ether oxygens (including phenoxy) is 1. The lowest BCUT2D eigenvalue weighted by molar-refractivity contribution is 0.325. The van der Waals surface area contributed by atoms with Gasteiger partial charge in [0.15, 0.2) is 17.6 Å². The Labute approximate surface area is 168 Å².